The van der Waals surface area contributed by atoms with Gasteiger partial charge in [0.25, 0.3) is 0 Å². The molecule has 0 unspecified atom stereocenters. The molecule has 1 fully saturated rings. The minimum absolute atomic E-state index is 0.0897. The van der Waals surface area contributed by atoms with Crippen molar-refractivity contribution in [3.8, 4) is 17.4 Å². The number of anilines is 3. The van der Waals surface area contributed by atoms with Crippen LogP contribution in [-0.4, -0.2) is 67.4 Å². The van der Waals surface area contributed by atoms with Crippen molar-refractivity contribution in [2.24, 2.45) is 0 Å². The summed E-state index contributed by atoms with van der Waals surface area (Å²) in [6.45, 7) is 6.61. The number of urea groups is 1. The molecule has 226 valence electrons. The normalized spacial score (nSPS) is 13.9. The van der Waals surface area contributed by atoms with E-state index in [2.05, 4.69) is 30.8 Å². The molecule has 1 aliphatic rings. The highest BCUT2D eigenvalue weighted by molar-refractivity contribution is 6.08. The van der Waals surface area contributed by atoms with Crippen LogP contribution in [0.4, 0.5) is 35.3 Å². The van der Waals surface area contributed by atoms with Gasteiger partial charge in [-0.15, -0.1) is 0 Å². The smallest absolute Gasteiger partial charge is 0.416 e. The third kappa shape index (κ3) is 7.62. The SMILES string of the molecule is COc1ccc(C(F)(F)F)cc1NC(=O)Nc1ccc(Oc2cc(C)nc(NCCN3CCOCC3)n2)c2ccccc12. The summed E-state index contributed by atoms with van der Waals surface area (Å²) in [5, 5.41) is 9.76. The molecule has 1 aliphatic heterocycles. The van der Waals surface area contributed by atoms with E-state index in [1.165, 1.54) is 7.11 Å². The van der Waals surface area contributed by atoms with Gasteiger partial charge in [0.1, 0.15) is 11.5 Å². The topological polar surface area (TPSA) is 110 Å². The van der Waals surface area contributed by atoms with Crippen LogP contribution in [0, 0.1) is 6.92 Å². The quantitative estimate of drug-likeness (QED) is 0.211. The molecule has 0 bridgehead atoms. The maximum atomic E-state index is 13.2. The third-order valence-electron chi connectivity index (χ3n) is 6.77. The van der Waals surface area contributed by atoms with E-state index >= 15 is 0 Å². The van der Waals surface area contributed by atoms with E-state index in [9.17, 15) is 18.0 Å². The van der Waals surface area contributed by atoms with Gasteiger partial charge in [0.05, 0.1) is 37.3 Å². The van der Waals surface area contributed by atoms with Gasteiger partial charge in [0.2, 0.25) is 11.8 Å². The minimum Gasteiger partial charge on any atom is -0.495 e. The van der Waals surface area contributed by atoms with Crippen molar-refractivity contribution in [3.63, 3.8) is 0 Å². The van der Waals surface area contributed by atoms with E-state index in [-0.39, 0.29) is 11.4 Å². The third-order valence-corrected chi connectivity index (χ3v) is 6.77. The molecule has 0 aliphatic carbocycles. The van der Waals surface area contributed by atoms with Crippen LogP contribution in [0.1, 0.15) is 11.3 Å². The summed E-state index contributed by atoms with van der Waals surface area (Å²) in [6.07, 6.45) is -4.58. The lowest BCUT2D eigenvalue weighted by Gasteiger charge is -2.26. The monoisotopic (exact) mass is 596 g/mol. The lowest BCUT2D eigenvalue weighted by atomic mass is 10.1. The van der Waals surface area contributed by atoms with E-state index in [4.69, 9.17) is 14.2 Å². The molecule has 0 spiro atoms. The van der Waals surface area contributed by atoms with Gasteiger partial charge in [-0.2, -0.15) is 18.2 Å². The summed E-state index contributed by atoms with van der Waals surface area (Å²) >= 11 is 0. The van der Waals surface area contributed by atoms with Crippen LogP contribution in [0.25, 0.3) is 10.8 Å². The second-order valence-electron chi connectivity index (χ2n) is 9.80. The number of aromatic nitrogens is 2. The first-order valence-electron chi connectivity index (χ1n) is 13.6. The molecule has 1 aromatic heterocycles. The number of hydrogen-bond acceptors (Lipinski definition) is 8. The molecular formula is C30H31F3N6O4. The molecular weight excluding hydrogens is 565 g/mol. The van der Waals surface area contributed by atoms with Crippen LogP contribution in [0.5, 0.6) is 17.4 Å². The molecule has 0 atom stereocenters. The second-order valence-corrected chi connectivity index (χ2v) is 9.80. The summed E-state index contributed by atoms with van der Waals surface area (Å²) in [5.74, 6) is 1.39. The molecule has 2 heterocycles. The van der Waals surface area contributed by atoms with Crippen molar-refractivity contribution in [1.82, 2.24) is 14.9 Å². The Kier molecular flexibility index (Phi) is 9.12. The number of aryl methyl sites for hydroxylation is 1. The first-order valence-corrected chi connectivity index (χ1v) is 13.6. The van der Waals surface area contributed by atoms with E-state index in [1.54, 1.807) is 30.3 Å². The van der Waals surface area contributed by atoms with Crippen molar-refractivity contribution in [2.45, 2.75) is 13.1 Å². The fraction of sp³-hybridized carbons (Fsp3) is 0.300. The number of halogens is 3. The fourth-order valence-electron chi connectivity index (χ4n) is 4.66. The van der Waals surface area contributed by atoms with E-state index in [0.29, 0.717) is 40.6 Å². The van der Waals surface area contributed by atoms with Gasteiger partial charge in [-0.1, -0.05) is 24.3 Å². The number of methoxy groups -OCH3 is 1. The molecule has 4 aromatic rings. The Morgan fingerprint density at radius 2 is 1.67 bits per heavy atom. The summed E-state index contributed by atoms with van der Waals surface area (Å²) in [5.41, 5.74) is 0.123. The van der Waals surface area contributed by atoms with Gasteiger partial charge in [-0.3, -0.25) is 4.90 Å². The summed E-state index contributed by atoms with van der Waals surface area (Å²) in [7, 11) is 1.31. The summed E-state index contributed by atoms with van der Waals surface area (Å²) in [6, 6.07) is 14.4. The van der Waals surface area contributed by atoms with E-state index in [1.807, 2.05) is 19.1 Å². The van der Waals surface area contributed by atoms with Gasteiger partial charge >= 0.3 is 12.2 Å². The van der Waals surface area contributed by atoms with Crippen LogP contribution < -0.4 is 25.4 Å². The first kappa shape index (κ1) is 29.9. The highest BCUT2D eigenvalue weighted by atomic mass is 19.4. The van der Waals surface area contributed by atoms with Crippen molar-refractivity contribution in [2.75, 3.05) is 62.5 Å². The van der Waals surface area contributed by atoms with Crippen LogP contribution in [-0.2, 0) is 10.9 Å². The van der Waals surface area contributed by atoms with Gasteiger partial charge in [0.15, 0.2) is 0 Å². The number of hydrogen-bond donors (Lipinski definition) is 3. The number of amides is 2. The summed E-state index contributed by atoms with van der Waals surface area (Å²) < 4.78 is 56.4. The number of carbonyl (C=O) groups is 1. The molecule has 43 heavy (non-hydrogen) atoms. The molecule has 0 radical (unpaired) electrons. The van der Waals surface area contributed by atoms with E-state index in [0.717, 1.165) is 56.7 Å². The number of nitrogens with one attached hydrogen (secondary N) is 3. The molecule has 10 nitrogen and oxygen atoms in total. The predicted octanol–water partition coefficient (Wildman–Crippen LogP) is 6.15. The van der Waals surface area contributed by atoms with Crippen LogP contribution in [0.2, 0.25) is 0 Å². The number of alkyl halides is 3. The van der Waals surface area contributed by atoms with Gasteiger partial charge in [0, 0.05) is 48.7 Å². The number of morpholine rings is 1. The number of benzene rings is 3. The second kappa shape index (κ2) is 13.1. The fourth-order valence-corrected chi connectivity index (χ4v) is 4.66. The maximum absolute atomic E-state index is 13.2. The minimum atomic E-state index is -4.58. The van der Waals surface area contributed by atoms with Gasteiger partial charge in [-0.05, 0) is 37.3 Å². The lowest BCUT2D eigenvalue weighted by molar-refractivity contribution is -0.137. The molecule has 0 saturated carbocycles. The number of fused-ring (bicyclic) bond motifs is 1. The zero-order valence-corrected chi connectivity index (χ0v) is 23.6. The number of ether oxygens (including phenoxy) is 3. The largest absolute Gasteiger partial charge is 0.495 e. The van der Waals surface area contributed by atoms with Crippen LogP contribution >= 0.6 is 0 Å². The van der Waals surface area contributed by atoms with Crippen molar-refractivity contribution < 1.29 is 32.2 Å². The Morgan fingerprint density at radius 1 is 0.953 bits per heavy atom. The molecule has 2 amide bonds. The Balaban J connectivity index is 1.31. The highest BCUT2D eigenvalue weighted by Gasteiger charge is 2.31. The molecule has 3 aromatic carbocycles. The Labute approximate surface area is 246 Å². The lowest BCUT2D eigenvalue weighted by Crippen LogP contribution is -2.39. The van der Waals surface area contributed by atoms with Gasteiger partial charge < -0.3 is 30.2 Å². The number of carbonyl (C=O) groups excluding carboxylic acids is 1. The zero-order valence-electron chi connectivity index (χ0n) is 23.6. The molecule has 5 rings (SSSR count). The standard InChI is InChI=1S/C30H31F3N6O4/c1-19-17-27(38-28(35-19)34-11-12-39-13-15-42-16-14-39)43-25-10-8-23(21-5-3-4-6-22(21)25)36-29(40)37-24-18-20(30(31,32)33)7-9-26(24)41-2/h3-10,17-18H,11-16H2,1-2H3,(H,34,35,38)(H2,36,37,40). The maximum Gasteiger partial charge on any atom is 0.416 e. The molecule has 1 saturated heterocycles. The highest BCUT2D eigenvalue weighted by Crippen LogP contribution is 2.36. The Hall–Kier alpha value is -4.62. The predicted molar refractivity (Wildman–Crippen MR) is 157 cm³/mol. The molecule has 13 heteroatoms. The Morgan fingerprint density at radius 3 is 2.42 bits per heavy atom. The van der Waals surface area contributed by atoms with E-state index < -0.39 is 17.8 Å². The summed E-state index contributed by atoms with van der Waals surface area (Å²) in [4.78, 5) is 24.2. The molecule has 3 N–H and O–H groups in total. The van der Waals surface area contributed by atoms with Crippen molar-refractivity contribution >= 4 is 34.1 Å². The number of nitrogens with zero attached hydrogens (tertiary/aromatic N) is 3. The first-order chi connectivity index (χ1) is 20.7. The average Bonchev–Trinajstić information content (AvgIpc) is 2.98. The number of rotatable bonds is 9. The van der Waals surface area contributed by atoms with Crippen molar-refractivity contribution in [3.05, 3.63) is 71.9 Å². The Bertz CT molecular complexity index is 1590. The average molecular weight is 597 g/mol. The van der Waals surface area contributed by atoms with Crippen molar-refractivity contribution in [1.29, 1.82) is 0 Å². The zero-order chi connectivity index (χ0) is 30.4. The van der Waals surface area contributed by atoms with Crippen LogP contribution in [0.3, 0.4) is 0 Å². The van der Waals surface area contributed by atoms with Crippen LogP contribution in [0.15, 0.2) is 60.7 Å². The van der Waals surface area contributed by atoms with Gasteiger partial charge in [-0.25, -0.2) is 9.78 Å².